The summed E-state index contributed by atoms with van der Waals surface area (Å²) in [5.74, 6) is 0.0416. The van der Waals surface area contributed by atoms with Gasteiger partial charge in [0.1, 0.15) is 6.26 Å². The maximum absolute atomic E-state index is 12.9. The van der Waals surface area contributed by atoms with Gasteiger partial charge in [-0.3, -0.25) is 14.5 Å². The maximum Gasteiger partial charge on any atom is 0.309 e. The van der Waals surface area contributed by atoms with Gasteiger partial charge in [-0.1, -0.05) is 30.7 Å². The van der Waals surface area contributed by atoms with Gasteiger partial charge in [0, 0.05) is 30.7 Å². The highest BCUT2D eigenvalue weighted by Gasteiger charge is 2.30. The van der Waals surface area contributed by atoms with Crippen LogP contribution in [0, 0.1) is 5.92 Å². The molecule has 174 valence electrons. The Balaban J connectivity index is 1.61. The fraction of sp³-hybridized carbons (Fsp3) is 0.542. The molecular weight excluding hydrogens is 430 g/mol. The van der Waals surface area contributed by atoms with Crippen LogP contribution in [0.5, 0.6) is 0 Å². The van der Waals surface area contributed by atoms with Crippen LogP contribution in [-0.4, -0.2) is 52.4 Å². The molecule has 1 unspecified atom stereocenters. The molecule has 0 saturated carbocycles. The summed E-state index contributed by atoms with van der Waals surface area (Å²) in [7, 11) is 0. The summed E-state index contributed by atoms with van der Waals surface area (Å²) in [5, 5.41) is 0.710. The van der Waals surface area contributed by atoms with Gasteiger partial charge in [0.25, 0.3) is 5.91 Å². The van der Waals surface area contributed by atoms with Crippen molar-refractivity contribution in [2.24, 2.45) is 5.92 Å². The molecule has 0 spiro atoms. The van der Waals surface area contributed by atoms with Gasteiger partial charge >= 0.3 is 5.97 Å². The summed E-state index contributed by atoms with van der Waals surface area (Å²) in [6, 6.07) is 8.12. The predicted molar refractivity (Wildman–Crippen MR) is 122 cm³/mol. The molecule has 1 fully saturated rings. The first-order chi connectivity index (χ1) is 15.4. The molecule has 1 atom stereocenters. The van der Waals surface area contributed by atoms with Gasteiger partial charge < -0.3 is 14.1 Å². The molecule has 7 nitrogen and oxygen atoms in total. The van der Waals surface area contributed by atoms with Crippen LogP contribution in [0.25, 0.3) is 0 Å². The van der Waals surface area contributed by atoms with Gasteiger partial charge in [0.15, 0.2) is 5.69 Å². The van der Waals surface area contributed by atoms with Crippen molar-refractivity contribution in [1.82, 2.24) is 14.8 Å². The quantitative estimate of drug-likeness (QED) is 0.510. The fourth-order valence-corrected chi connectivity index (χ4v) is 4.10. The number of rotatable bonds is 9. The Morgan fingerprint density at radius 2 is 2.03 bits per heavy atom. The van der Waals surface area contributed by atoms with Crippen molar-refractivity contribution in [1.29, 1.82) is 0 Å². The van der Waals surface area contributed by atoms with Gasteiger partial charge in [0.2, 0.25) is 5.89 Å². The number of oxazole rings is 1. The van der Waals surface area contributed by atoms with Gasteiger partial charge in [-0.25, -0.2) is 4.98 Å². The largest absolute Gasteiger partial charge is 0.466 e. The van der Waals surface area contributed by atoms with Gasteiger partial charge in [0.05, 0.1) is 19.1 Å². The molecule has 0 N–H and O–H groups in total. The summed E-state index contributed by atoms with van der Waals surface area (Å²) in [6.07, 6.45) is 3.62. The second-order valence-electron chi connectivity index (χ2n) is 8.24. The lowest BCUT2D eigenvalue weighted by atomic mass is 9.97. The molecular formula is C24H32ClN3O4. The Morgan fingerprint density at radius 3 is 2.69 bits per heavy atom. The average Bonchev–Trinajstić information content (AvgIpc) is 3.26. The van der Waals surface area contributed by atoms with E-state index in [1.807, 2.05) is 24.3 Å². The van der Waals surface area contributed by atoms with E-state index in [4.69, 9.17) is 20.8 Å². The van der Waals surface area contributed by atoms with Crippen LogP contribution in [0.4, 0.5) is 0 Å². The predicted octanol–water partition coefficient (Wildman–Crippen LogP) is 4.54. The number of aromatic nitrogens is 1. The highest BCUT2D eigenvalue weighted by atomic mass is 35.5. The first-order valence-electron chi connectivity index (χ1n) is 11.3. The van der Waals surface area contributed by atoms with Crippen molar-refractivity contribution < 1.29 is 18.7 Å². The standard InChI is InChI=1S/C24H32ClN3O4/c1-4-17(3)28(14-18-7-6-8-20(25)13-18)15-22-26-21(16-32-22)23(29)27-11-9-19(10-12-27)24(30)31-5-2/h6-8,13,16-17,19H,4-5,9-12,14-15H2,1-3H3. The van der Waals surface area contributed by atoms with Crippen LogP contribution in [0.1, 0.15) is 62.0 Å². The minimum Gasteiger partial charge on any atom is -0.466 e. The molecule has 1 aromatic carbocycles. The highest BCUT2D eigenvalue weighted by Crippen LogP contribution is 2.21. The molecule has 1 aromatic heterocycles. The summed E-state index contributed by atoms with van der Waals surface area (Å²) in [5.41, 5.74) is 1.42. The lowest BCUT2D eigenvalue weighted by Gasteiger charge is -2.30. The first kappa shape index (κ1) is 24.3. The SMILES string of the molecule is CCOC(=O)C1CCN(C(=O)c2coc(CN(Cc3cccc(Cl)c3)C(C)CC)n2)CC1. The topological polar surface area (TPSA) is 75.9 Å². The number of amides is 1. The molecule has 2 heterocycles. The van der Waals surface area contributed by atoms with E-state index in [1.165, 1.54) is 6.26 Å². The van der Waals surface area contributed by atoms with Crippen molar-refractivity contribution in [3.05, 3.63) is 52.7 Å². The number of likely N-dealkylation sites (tertiary alicyclic amines) is 1. The number of hydrogen-bond acceptors (Lipinski definition) is 6. The Bertz CT molecular complexity index is 908. The minimum absolute atomic E-state index is 0.137. The molecule has 1 saturated heterocycles. The smallest absolute Gasteiger partial charge is 0.309 e. The van der Waals surface area contributed by atoms with E-state index in [2.05, 4.69) is 23.7 Å². The zero-order chi connectivity index (χ0) is 23.1. The summed E-state index contributed by atoms with van der Waals surface area (Å²) < 4.78 is 10.8. The van der Waals surface area contributed by atoms with Gasteiger partial charge in [-0.15, -0.1) is 0 Å². The second-order valence-corrected chi connectivity index (χ2v) is 8.67. The third-order valence-corrected chi connectivity index (χ3v) is 6.24. The number of piperidine rings is 1. The van der Waals surface area contributed by atoms with E-state index in [9.17, 15) is 9.59 Å². The van der Waals surface area contributed by atoms with Crippen molar-refractivity contribution in [3.63, 3.8) is 0 Å². The van der Waals surface area contributed by atoms with Gasteiger partial charge in [-0.2, -0.15) is 0 Å². The van der Waals surface area contributed by atoms with Crippen molar-refractivity contribution >= 4 is 23.5 Å². The Labute approximate surface area is 194 Å². The number of esters is 1. The third-order valence-electron chi connectivity index (χ3n) is 6.00. The highest BCUT2D eigenvalue weighted by molar-refractivity contribution is 6.30. The maximum atomic E-state index is 12.9. The Morgan fingerprint density at radius 1 is 1.28 bits per heavy atom. The molecule has 8 heteroatoms. The molecule has 32 heavy (non-hydrogen) atoms. The van der Waals surface area contributed by atoms with Crippen LogP contribution in [0.2, 0.25) is 5.02 Å². The van der Waals surface area contributed by atoms with Crippen molar-refractivity contribution in [3.8, 4) is 0 Å². The number of carbonyl (C=O) groups is 2. The average molecular weight is 462 g/mol. The second kappa shape index (κ2) is 11.5. The number of ether oxygens (including phenoxy) is 1. The molecule has 1 aliphatic rings. The third kappa shape index (κ3) is 6.33. The fourth-order valence-electron chi connectivity index (χ4n) is 3.89. The van der Waals surface area contributed by atoms with E-state index in [1.54, 1.807) is 11.8 Å². The molecule has 0 bridgehead atoms. The van der Waals surface area contributed by atoms with E-state index in [-0.39, 0.29) is 17.8 Å². The van der Waals surface area contributed by atoms with Crippen molar-refractivity contribution in [2.45, 2.75) is 59.2 Å². The van der Waals surface area contributed by atoms with E-state index >= 15 is 0 Å². The lowest BCUT2D eigenvalue weighted by Crippen LogP contribution is -2.40. The van der Waals surface area contributed by atoms with E-state index in [0.717, 1.165) is 12.0 Å². The van der Waals surface area contributed by atoms with Crippen LogP contribution >= 0.6 is 11.6 Å². The summed E-state index contributed by atoms with van der Waals surface area (Å²) in [4.78, 5) is 33.3. The van der Waals surface area contributed by atoms with E-state index in [0.29, 0.717) is 68.3 Å². The Hall–Kier alpha value is -2.38. The molecule has 1 amide bonds. The number of benzene rings is 1. The van der Waals surface area contributed by atoms with Gasteiger partial charge in [-0.05, 0) is 50.8 Å². The molecule has 1 aliphatic heterocycles. The van der Waals surface area contributed by atoms with Crippen LogP contribution in [0.15, 0.2) is 34.9 Å². The first-order valence-corrected chi connectivity index (χ1v) is 11.7. The van der Waals surface area contributed by atoms with Crippen molar-refractivity contribution in [2.75, 3.05) is 19.7 Å². The molecule has 2 aromatic rings. The zero-order valence-electron chi connectivity index (χ0n) is 19.1. The number of carbonyl (C=O) groups excluding carboxylic acids is 2. The molecule has 0 radical (unpaired) electrons. The number of hydrogen-bond donors (Lipinski definition) is 0. The Kier molecular flexibility index (Phi) is 8.70. The molecule has 3 rings (SSSR count). The summed E-state index contributed by atoms with van der Waals surface area (Å²) in [6.45, 7) is 8.72. The van der Waals surface area contributed by atoms with Crippen LogP contribution < -0.4 is 0 Å². The lowest BCUT2D eigenvalue weighted by molar-refractivity contribution is -0.149. The zero-order valence-corrected chi connectivity index (χ0v) is 19.8. The minimum atomic E-state index is -0.173. The van der Waals surface area contributed by atoms with Crippen LogP contribution in [0.3, 0.4) is 0 Å². The van der Waals surface area contributed by atoms with Crippen LogP contribution in [-0.2, 0) is 22.6 Å². The summed E-state index contributed by atoms with van der Waals surface area (Å²) >= 11 is 6.14. The number of nitrogens with zero attached hydrogens (tertiary/aromatic N) is 3. The normalized spacial score (nSPS) is 15.7. The number of halogens is 1. The monoisotopic (exact) mass is 461 g/mol. The molecule has 0 aliphatic carbocycles. The van der Waals surface area contributed by atoms with E-state index < -0.39 is 0 Å².